The van der Waals surface area contributed by atoms with Gasteiger partial charge in [-0.15, -0.1) is 0 Å². The van der Waals surface area contributed by atoms with E-state index in [0.29, 0.717) is 31.0 Å². The van der Waals surface area contributed by atoms with Crippen LogP contribution in [0.3, 0.4) is 0 Å². The molecule has 9 nitrogen and oxygen atoms in total. The smallest absolute Gasteiger partial charge is 0.325 e. The van der Waals surface area contributed by atoms with Crippen molar-refractivity contribution in [2.45, 2.75) is 25.4 Å². The van der Waals surface area contributed by atoms with Crippen LogP contribution in [0.2, 0.25) is 0 Å². The molecule has 0 spiro atoms. The van der Waals surface area contributed by atoms with E-state index < -0.39 is 12.1 Å². The number of amides is 4. The van der Waals surface area contributed by atoms with E-state index in [4.69, 9.17) is 9.47 Å². The summed E-state index contributed by atoms with van der Waals surface area (Å²) in [6, 6.07) is 14.4. The molecular weight excluding hydrogens is 460 g/mol. The zero-order chi connectivity index (χ0) is 24.9. The first-order chi connectivity index (χ1) is 17.6. The van der Waals surface area contributed by atoms with Crippen molar-refractivity contribution in [2.75, 3.05) is 39.5 Å². The first kappa shape index (κ1) is 23.9. The van der Waals surface area contributed by atoms with Crippen LogP contribution in [-0.4, -0.2) is 78.1 Å². The van der Waals surface area contributed by atoms with E-state index in [-0.39, 0.29) is 31.6 Å². The highest BCUT2D eigenvalue weighted by atomic mass is 16.7. The molecule has 1 N–H and O–H groups in total. The zero-order valence-corrected chi connectivity index (χ0v) is 20.1. The third-order valence-electron chi connectivity index (χ3n) is 6.73. The van der Waals surface area contributed by atoms with Crippen molar-refractivity contribution in [3.05, 3.63) is 65.7 Å². The zero-order valence-electron chi connectivity index (χ0n) is 20.1. The minimum atomic E-state index is -0.681. The second-order valence-electron chi connectivity index (χ2n) is 9.15. The molecular formula is C27H30N4O5. The van der Waals surface area contributed by atoms with Gasteiger partial charge >= 0.3 is 6.03 Å². The lowest BCUT2D eigenvalue weighted by atomic mass is 10.1. The van der Waals surface area contributed by atoms with Crippen molar-refractivity contribution < 1.29 is 23.9 Å². The van der Waals surface area contributed by atoms with Gasteiger partial charge in [0.1, 0.15) is 6.04 Å². The van der Waals surface area contributed by atoms with Gasteiger partial charge in [-0.3, -0.25) is 19.4 Å². The average molecular weight is 491 g/mol. The number of imide groups is 1. The van der Waals surface area contributed by atoms with Gasteiger partial charge in [0.2, 0.25) is 12.7 Å². The molecule has 2 aromatic rings. The van der Waals surface area contributed by atoms with Gasteiger partial charge in [-0.1, -0.05) is 48.6 Å². The third-order valence-corrected chi connectivity index (χ3v) is 6.73. The van der Waals surface area contributed by atoms with Crippen molar-refractivity contribution in [1.82, 2.24) is 20.0 Å². The van der Waals surface area contributed by atoms with Crippen molar-refractivity contribution in [1.29, 1.82) is 0 Å². The molecule has 2 fully saturated rings. The third kappa shape index (κ3) is 5.52. The summed E-state index contributed by atoms with van der Waals surface area (Å²) in [5, 5.41) is 2.72. The number of nitrogens with one attached hydrogen (secondary N) is 1. The lowest BCUT2D eigenvalue weighted by molar-refractivity contribution is -0.133. The molecule has 0 aromatic heterocycles. The molecule has 0 bridgehead atoms. The summed E-state index contributed by atoms with van der Waals surface area (Å²) in [5.41, 5.74) is 1.95. The van der Waals surface area contributed by atoms with Crippen LogP contribution in [0.1, 0.15) is 24.0 Å². The molecule has 2 saturated heterocycles. The van der Waals surface area contributed by atoms with Gasteiger partial charge in [-0.2, -0.15) is 0 Å². The standard InChI is InChI=1S/C27H30N4O5/c32-25(30-15-13-29(14-16-30)12-4-7-20-5-2-1-3-6-20)11-9-22-26(33)31(27(34)28-22)18-21-8-10-23-24(17-21)36-19-35-23/h1-8,10,17,22H,9,11-16,18-19H2,(H,28,34). The SMILES string of the molecule is O=C(CCC1NC(=O)N(Cc2ccc3c(c2)OCO3)C1=O)N1CCN(CC=Cc2ccccc2)CC1. The van der Waals surface area contributed by atoms with E-state index in [9.17, 15) is 14.4 Å². The summed E-state index contributed by atoms with van der Waals surface area (Å²) < 4.78 is 10.7. The minimum absolute atomic E-state index is 0.0192. The molecule has 188 valence electrons. The Morgan fingerprint density at radius 2 is 1.78 bits per heavy atom. The monoisotopic (exact) mass is 490 g/mol. The van der Waals surface area contributed by atoms with Gasteiger partial charge in [0.05, 0.1) is 6.54 Å². The first-order valence-electron chi connectivity index (χ1n) is 12.3. The second-order valence-corrected chi connectivity index (χ2v) is 9.15. The molecule has 3 heterocycles. The molecule has 4 amide bonds. The summed E-state index contributed by atoms with van der Waals surface area (Å²) in [6.45, 7) is 4.11. The average Bonchev–Trinajstić information content (AvgIpc) is 3.48. The van der Waals surface area contributed by atoms with E-state index in [2.05, 4.69) is 34.5 Å². The fourth-order valence-electron chi connectivity index (χ4n) is 4.65. The normalized spacial score (nSPS) is 19.8. The van der Waals surface area contributed by atoms with E-state index in [0.717, 1.165) is 25.2 Å². The van der Waals surface area contributed by atoms with E-state index in [1.807, 2.05) is 29.2 Å². The van der Waals surface area contributed by atoms with Crippen LogP contribution in [0, 0.1) is 0 Å². The van der Waals surface area contributed by atoms with Gasteiger partial charge in [0.15, 0.2) is 11.5 Å². The van der Waals surface area contributed by atoms with Crippen LogP contribution in [0.25, 0.3) is 6.08 Å². The number of benzene rings is 2. The number of ether oxygens (including phenoxy) is 2. The van der Waals surface area contributed by atoms with Crippen LogP contribution in [0.4, 0.5) is 4.79 Å². The van der Waals surface area contributed by atoms with Crippen molar-refractivity contribution in [2.24, 2.45) is 0 Å². The minimum Gasteiger partial charge on any atom is -0.454 e. The Balaban J connectivity index is 1.05. The summed E-state index contributed by atoms with van der Waals surface area (Å²) in [4.78, 5) is 43.4. The predicted octanol–water partition coefficient (Wildman–Crippen LogP) is 2.47. The van der Waals surface area contributed by atoms with Gasteiger partial charge in [-0.05, 0) is 29.7 Å². The maximum Gasteiger partial charge on any atom is 0.325 e. The van der Waals surface area contributed by atoms with Crippen LogP contribution in [0.5, 0.6) is 11.5 Å². The van der Waals surface area contributed by atoms with Crippen LogP contribution >= 0.6 is 0 Å². The summed E-state index contributed by atoms with van der Waals surface area (Å²) in [6.07, 6.45) is 4.78. The highest BCUT2D eigenvalue weighted by molar-refractivity contribution is 6.04. The lowest BCUT2D eigenvalue weighted by Crippen LogP contribution is -2.48. The molecule has 1 atom stereocenters. The number of fused-ring (bicyclic) bond motifs is 1. The molecule has 5 rings (SSSR count). The number of rotatable bonds is 8. The predicted molar refractivity (Wildman–Crippen MR) is 133 cm³/mol. The second kappa shape index (κ2) is 10.8. The Labute approximate surface area is 210 Å². The molecule has 9 heteroatoms. The number of hydrogen-bond acceptors (Lipinski definition) is 6. The van der Waals surface area contributed by atoms with Gasteiger partial charge in [0.25, 0.3) is 5.91 Å². The molecule has 36 heavy (non-hydrogen) atoms. The highest BCUT2D eigenvalue weighted by Crippen LogP contribution is 2.33. The fourth-order valence-corrected chi connectivity index (χ4v) is 4.65. The first-order valence-corrected chi connectivity index (χ1v) is 12.3. The maximum atomic E-state index is 12.8. The van der Waals surface area contributed by atoms with E-state index in [1.54, 1.807) is 12.1 Å². The van der Waals surface area contributed by atoms with E-state index in [1.165, 1.54) is 10.5 Å². The summed E-state index contributed by atoms with van der Waals surface area (Å²) in [5.74, 6) is 0.970. The van der Waals surface area contributed by atoms with Crippen LogP contribution < -0.4 is 14.8 Å². The fraction of sp³-hybridized carbons (Fsp3) is 0.370. The van der Waals surface area contributed by atoms with Crippen molar-refractivity contribution in [3.63, 3.8) is 0 Å². The Hall–Kier alpha value is -3.85. The largest absolute Gasteiger partial charge is 0.454 e. The Morgan fingerprint density at radius 3 is 2.58 bits per heavy atom. The summed E-state index contributed by atoms with van der Waals surface area (Å²) in [7, 11) is 0. The maximum absolute atomic E-state index is 12.8. The number of urea groups is 1. The Kier molecular flexibility index (Phi) is 7.18. The topological polar surface area (TPSA) is 91.4 Å². The van der Waals surface area contributed by atoms with Crippen LogP contribution in [0.15, 0.2) is 54.6 Å². The lowest BCUT2D eigenvalue weighted by Gasteiger charge is -2.34. The van der Waals surface area contributed by atoms with E-state index >= 15 is 0 Å². The van der Waals surface area contributed by atoms with Crippen molar-refractivity contribution >= 4 is 23.9 Å². The van der Waals surface area contributed by atoms with Crippen LogP contribution in [-0.2, 0) is 16.1 Å². The molecule has 0 aliphatic carbocycles. The number of carbonyl (C=O) groups excluding carboxylic acids is 3. The number of hydrogen-bond donors (Lipinski definition) is 1. The highest BCUT2D eigenvalue weighted by Gasteiger charge is 2.38. The molecule has 1 unspecified atom stereocenters. The van der Waals surface area contributed by atoms with Gasteiger partial charge < -0.3 is 19.7 Å². The molecule has 3 aliphatic heterocycles. The molecule has 2 aromatic carbocycles. The number of piperazine rings is 1. The van der Waals surface area contributed by atoms with Gasteiger partial charge in [-0.25, -0.2) is 4.79 Å². The van der Waals surface area contributed by atoms with Gasteiger partial charge in [0, 0.05) is 39.1 Å². The Morgan fingerprint density at radius 1 is 1.00 bits per heavy atom. The quantitative estimate of drug-likeness (QED) is 0.572. The number of nitrogens with zero attached hydrogens (tertiary/aromatic N) is 3. The number of carbonyl (C=O) groups is 3. The molecule has 0 saturated carbocycles. The Bertz CT molecular complexity index is 1140. The summed E-state index contributed by atoms with van der Waals surface area (Å²) >= 11 is 0. The molecule has 3 aliphatic rings. The van der Waals surface area contributed by atoms with Crippen molar-refractivity contribution in [3.8, 4) is 11.5 Å². The molecule has 0 radical (unpaired) electrons.